The Morgan fingerprint density at radius 1 is 1.26 bits per heavy atom. The minimum Gasteiger partial charge on any atom is -0.545 e. The summed E-state index contributed by atoms with van der Waals surface area (Å²) >= 11 is 5.76. The molecule has 0 amide bonds. The van der Waals surface area contributed by atoms with Gasteiger partial charge in [-0.1, -0.05) is 17.7 Å². The first-order valence-electron chi connectivity index (χ1n) is 5.56. The van der Waals surface area contributed by atoms with Gasteiger partial charge in [-0.15, -0.1) is 0 Å². The number of carboxylic acid groups (broad SMARTS) is 1. The molecule has 7 nitrogen and oxygen atoms in total. The quantitative estimate of drug-likeness (QED) is 0.417. The summed E-state index contributed by atoms with van der Waals surface area (Å²) in [5.74, 6) is -3.24. The van der Waals surface area contributed by atoms with Crippen molar-refractivity contribution in [2.45, 2.75) is 11.8 Å². The smallest absolute Gasteiger partial charge is 0.534 e. The van der Waals surface area contributed by atoms with E-state index in [9.17, 15) is 31.5 Å². The van der Waals surface area contributed by atoms with Gasteiger partial charge in [0.25, 0.3) is 0 Å². The average Bonchev–Trinajstić information content (AvgIpc) is 2.42. The van der Waals surface area contributed by atoms with Gasteiger partial charge in [0.1, 0.15) is 0 Å². The summed E-state index contributed by atoms with van der Waals surface area (Å²) in [4.78, 5) is 10.9. The van der Waals surface area contributed by atoms with E-state index in [1.54, 1.807) is 0 Å². The van der Waals surface area contributed by atoms with Crippen LogP contribution in [0.3, 0.4) is 0 Å². The second kappa shape index (κ2) is 6.91. The maximum atomic E-state index is 12.4. The first-order chi connectivity index (χ1) is 10.5. The molecule has 0 saturated heterocycles. The zero-order valence-electron chi connectivity index (χ0n) is 11.5. The molecule has 0 bridgehead atoms. The number of rotatable bonds is 6. The van der Waals surface area contributed by atoms with Crippen molar-refractivity contribution in [3.8, 4) is 5.75 Å². The zero-order valence-corrected chi connectivity index (χ0v) is 13.1. The summed E-state index contributed by atoms with van der Waals surface area (Å²) in [5, 5.41) is 10.2. The van der Waals surface area contributed by atoms with E-state index in [4.69, 9.17) is 21.1 Å². The standard InChI is InChI=1S/C11H10ClF3O7S/c1-20-10(21-2)5-3-4-6(9(16)17)8(7(5)12)22-23(18,19)11(13,14)15/h3-4,10H,1-2H3,(H,16,17)/p-1. The fraction of sp³-hybridized carbons (Fsp3) is 0.364. The van der Waals surface area contributed by atoms with Gasteiger partial charge in [-0.05, 0) is 6.07 Å². The minimum absolute atomic E-state index is 0.144. The Morgan fingerprint density at radius 3 is 2.17 bits per heavy atom. The van der Waals surface area contributed by atoms with Gasteiger partial charge in [0.15, 0.2) is 12.0 Å². The number of hydrogen-bond acceptors (Lipinski definition) is 7. The third-order valence-electron chi connectivity index (χ3n) is 2.51. The van der Waals surface area contributed by atoms with Crippen molar-refractivity contribution in [2.24, 2.45) is 0 Å². The molecule has 0 atom stereocenters. The van der Waals surface area contributed by atoms with Gasteiger partial charge < -0.3 is 23.6 Å². The van der Waals surface area contributed by atoms with Crippen molar-refractivity contribution in [1.82, 2.24) is 0 Å². The number of aromatic carboxylic acids is 1. The Balaban J connectivity index is 3.55. The summed E-state index contributed by atoms with van der Waals surface area (Å²) < 4.78 is 72.9. The average molecular weight is 378 g/mol. The molecule has 23 heavy (non-hydrogen) atoms. The van der Waals surface area contributed by atoms with Gasteiger partial charge in [-0.3, -0.25) is 0 Å². The topological polar surface area (TPSA) is 102 Å². The number of carbonyl (C=O) groups is 1. The highest BCUT2D eigenvalue weighted by Gasteiger charge is 2.49. The van der Waals surface area contributed by atoms with Crippen molar-refractivity contribution in [2.75, 3.05) is 14.2 Å². The van der Waals surface area contributed by atoms with Crippen molar-refractivity contribution in [1.29, 1.82) is 0 Å². The molecule has 12 heteroatoms. The van der Waals surface area contributed by atoms with Gasteiger partial charge >= 0.3 is 15.6 Å². The van der Waals surface area contributed by atoms with Gasteiger partial charge in [0.05, 0.1) is 11.0 Å². The molecule has 0 aliphatic heterocycles. The molecule has 1 aromatic rings. The summed E-state index contributed by atoms with van der Waals surface area (Å²) in [6.07, 6.45) is -1.20. The van der Waals surface area contributed by atoms with Crippen LogP contribution in [0.4, 0.5) is 13.2 Å². The number of carbonyl (C=O) groups excluding carboxylic acids is 1. The van der Waals surface area contributed by atoms with Crippen LogP contribution >= 0.6 is 11.6 Å². The summed E-state index contributed by atoms with van der Waals surface area (Å²) in [7, 11) is -3.80. The monoisotopic (exact) mass is 377 g/mol. The van der Waals surface area contributed by atoms with Crippen molar-refractivity contribution < 1.29 is 45.1 Å². The van der Waals surface area contributed by atoms with E-state index in [0.717, 1.165) is 12.1 Å². The predicted molar refractivity (Wildman–Crippen MR) is 68.1 cm³/mol. The van der Waals surface area contributed by atoms with Crippen LogP contribution in [0.2, 0.25) is 5.02 Å². The van der Waals surface area contributed by atoms with E-state index in [2.05, 4.69) is 4.18 Å². The normalized spacial score (nSPS) is 12.5. The molecular formula is C11H9ClF3O7S-. The lowest BCUT2D eigenvalue weighted by atomic mass is 10.1. The molecule has 0 radical (unpaired) electrons. The molecule has 0 unspecified atom stereocenters. The van der Waals surface area contributed by atoms with Crippen LogP contribution in [0.15, 0.2) is 12.1 Å². The summed E-state index contributed by atoms with van der Waals surface area (Å²) in [6, 6.07) is 1.81. The SMILES string of the molecule is COC(OC)c1ccc(C(=O)[O-])c(OS(=O)(=O)C(F)(F)F)c1Cl. The molecule has 130 valence electrons. The molecule has 0 spiro atoms. The Hall–Kier alpha value is -1.56. The van der Waals surface area contributed by atoms with E-state index in [1.807, 2.05) is 0 Å². The molecule has 0 saturated carbocycles. The maximum Gasteiger partial charge on any atom is 0.534 e. The van der Waals surface area contributed by atoms with Crippen LogP contribution in [0.25, 0.3) is 0 Å². The molecule has 0 aliphatic rings. The molecule has 1 rings (SSSR count). The Morgan fingerprint density at radius 2 is 1.78 bits per heavy atom. The third kappa shape index (κ3) is 4.05. The lowest BCUT2D eigenvalue weighted by Crippen LogP contribution is -2.30. The number of halogens is 4. The minimum atomic E-state index is -6.14. The first-order valence-corrected chi connectivity index (χ1v) is 7.35. The van der Waals surface area contributed by atoms with Crippen molar-refractivity contribution in [3.63, 3.8) is 0 Å². The number of hydrogen-bond donors (Lipinski definition) is 0. The van der Waals surface area contributed by atoms with E-state index < -0.39 is 44.2 Å². The number of alkyl halides is 3. The highest BCUT2D eigenvalue weighted by molar-refractivity contribution is 7.88. The second-order valence-corrected chi connectivity index (χ2v) is 5.84. The van der Waals surface area contributed by atoms with Gasteiger partial charge in [-0.25, -0.2) is 0 Å². The fourth-order valence-corrected chi connectivity index (χ4v) is 2.33. The number of carboxylic acids is 1. The summed E-state index contributed by atoms with van der Waals surface area (Å²) in [5.41, 5.74) is -6.91. The lowest BCUT2D eigenvalue weighted by molar-refractivity contribution is -0.255. The second-order valence-electron chi connectivity index (χ2n) is 3.92. The Labute approximate surface area is 133 Å². The lowest BCUT2D eigenvalue weighted by Gasteiger charge is -2.20. The van der Waals surface area contributed by atoms with Crippen LogP contribution < -0.4 is 9.29 Å². The van der Waals surface area contributed by atoms with E-state index in [-0.39, 0.29) is 5.56 Å². The molecule has 0 heterocycles. The van der Waals surface area contributed by atoms with Crippen LogP contribution in [0, 0.1) is 0 Å². The van der Waals surface area contributed by atoms with Gasteiger partial charge in [0.2, 0.25) is 0 Å². The van der Waals surface area contributed by atoms with Crippen LogP contribution in [-0.4, -0.2) is 34.1 Å². The highest BCUT2D eigenvalue weighted by atomic mass is 35.5. The first kappa shape index (κ1) is 19.5. The van der Waals surface area contributed by atoms with E-state index in [0.29, 0.717) is 0 Å². The van der Waals surface area contributed by atoms with Gasteiger partial charge in [-0.2, -0.15) is 21.6 Å². The molecule has 0 aromatic heterocycles. The fourth-order valence-electron chi connectivity index (χ4n) is 1.50. The Bertz CT molecular complexity index is 698. The highest BCUT2D eigenvalue weighted by Crippen LogP contribution is 2.39. The number of methoxy groups -OCH3 is 2. The number of benzene rings is 1. The van der Waals surface area contributed by atoms with Crippen molar-refractivity contribution in [3.05, 3.63) is 28.3 Å². The van der Waals surface area contributed by atoms with Crippen molar-refractivity contribution >= 4 is 27.7 Å². The molecule has 0 fully saturated rings. The number of ether oxygens (including phenoxy) is 2. The molecule has 0 aliphatic carbocycles. The van der Waals surface area contributed by atoms with E-state index >= 15 is 0 Å². The molecular weight excluding hydrogens is 369 g/mol. The van der Waals surface area contributed by atoms with Gasteiger partial charge in [0, 0.05) is 25.3 Å². The largest absolute Gasteiger partial charge is 0.545 e. The molecule has 0 N–H and O–H groups in total. The maximum absolute atomic E-state index is 12.4. The zero-order chi connectivity index (χ0) is 18.0. The van der Waals surface area contributed by atoms with Crippen LogP contribution in [0.5, 0.6) is 5.75 Å². The summed E-state index contributed by atoms with van der Waals surface area (Å²) in [6.45, 7) is 0. The van der Waals surface area contributed by atoms with E-state index in [1.165, 1.54) is 14.2 Å². The van der Waals surface area contributed by atoms with Crippen LogP contribution in [-0.2, 0) is 19.6 Å². The molecule has 1 aromatic carbocycles. The van der Waals surface area contributed by atoms with Crippen LogP contribution in [0.1, 0.15) is 22.2 Å². The third-order valence-corrected chi connectivity index (χ3v) is 3.85. The Kier molecular flexibility index (Phi) is 5.85. The predicted octanol–water partition coefficient (Wildman–Crippen LogP) is 1.22.